The van der Waals surface area contributed by atoms with E-state index in [0.29, 0.717) is 0 Å². The minimum atomic E-state index is -4.08. The smallest absolute Gasteiger partial charge is 0.321 e. The van der Waals surface area contributed by atoms with Gasteiger partial charge in [0.1, 0.15) is 15.3 Å². The van der Waals surface area contributed by atoms with Crippen molar-refractivity contribution in [2.75, 3.05) is 6.61 Å². The van der Waals surface area contributed by atoms with Crippen LogP contribution in [0.25, 0.3) is 0 Å². The van der Waals surface area contributed by atoms with Gasteiger partial charge in [0.15, 0.2) is 0 Å². The molecule has 1 rings (SSSR count). The fourth-order valence-electron chi connectivity index (χ4n) is 1.12. The number of hydrogen-bond acceptors (Lipinski definition) is 5. The summed E-state index contributed by atoms with van der Waals surface area (Å²) in [5.74, 6) is -1.38. The normalized spacial score (nSPS) is 13.5. The summed E-state index contributed by atoms with van der Waals surface area (Å²) in [5, 5.41) is 17.5. The minimum Gasteiger partial charge on any atom is -0.480 e. The number of halogens is 2. The lowest BCUT2D eigenvalue weighted by Gasteiger charge is -2.12. The van der Waals surface area contributed by atoms with Crippen LogP contribution in [0.2, 0.25) is 8.67 Å². The van der Waals surface area contributed by atoms with Crippen LogP contribution in [0.1, 0.15) is 6.42 Å². The fraction of sp³-hybridized carbons (Fsp3) is 0.375. The summed E-state index contributed by atoms with van der Waals surface area (Å²) >= 11 is 12.2. The zero-order valence-corrected chi connectivity index (χ0v) is 11.9. The van der Waals surface area contributed by atoms with Gasteiger partial charge in [-0.25, -0.2) is 8.42 Å². The van der Waals surface area contributed by atoms with Gasteiger partial charge in [0, 0.05) is 6.61 Å². The van der Waals surface area contributed by atoms with Crippen LogP contribution in [0, 0.1) is 0 Å². The number of thiophene rings is 1. The molecule has 6 nitrogen and oxygen atoms in total. The van der Waals surface area contributed by atoms with Crippen LogP contribution >= 0.6 is 34.5 Å². The average molecular weight is 334 g/mol. The van der Waals surface area contributed by atoms with E-state index in [0.717, 1.165) is 17.4 Å². The minimum absolute atomic E-state index is 0.0550. The molecule has 0 saturated carbocycles. The molecule has 102 valence electrons. The number of aliphatic hydroxyl groups excluding tert-OH is 1. The van der Waals surface area contributed by atoms with Crippen LogP contribution in [-0.2, 0) is 14.8 Å². The Morgan fingerprint density at radius 2 is 2.11 bits per heavy atom. The molecule has 1 heterocycles. The number of carboxylic acids is 1. The van der Waals surface area contributed by atoms with Crippen LogP contribution < -0.4 is 4.72 Å². The van der Waals surface area contributed by atoms with Gasteiger partial charge in [0.05, 0.1) is 4.34 Å². The molecular weight excluding hydrogens is 325 g/mol. The molecule has 0 radical (unpaired) electrons. The van der Waals surface area contributed by atoms with Crippen LogP contribution in [0.4, 0.5) is 0 Å². The average Bonchev–Trinajstić information content (AvgIpc) is 2.57. The number of hydrogen-bond donors (Lipinski definition) is 3. The second-order valence-electron chi connectivity index (χ2n) is 3.21. The molecule has 3 N–H and O–H groups in total. The molecule has 0 aliphatic rings. The van der Waals surface area contributed by atoms with Crippen molar-refractivity contribution in [1.29, 1.82) is 0 Å². The number of carbonyl (C=O) groups is 1. The largest absolute Gasteiger partial charge is 0.480 e. The van der Waals surface area contributed by atoms with Crippen molar-refractivity contribution in [3.05, 3.63) is 14.7 Å². The molecule has 18 heavy (non-hydrogen) atoms. The van der Waals surface area contributed by atoms with Crippen molar-refractivity contribution in [1.82, 2.24) is 4.72 Å². The molecule has 0 spiro atoms. The van der Waals surface area contributed by atoms with Gasteiger partial charge in [-0.05, 0) is 12.5 Å². The van der Waals surface area contributed by atoms with Gasteiger partial charge in [-0.15, -0.1) is 11.3 Å². The fourth-order valence-corrected chi connectivity index (χ4v) is 4.49. The maximum Gasteiger partial charge on any atom is 0.321 e. The molecule has 0 saturated heterocycles. The van der Waals surface area contributed by atoms with E-state index in [4.69, 9.17) is 33.4 Å². The van der Waals surface area contributed by atoms with Gasteiger partial charge in [0.25, 0.3) is 0 Å². The quantitative estimate of drug-likeness (QED) is 0.724. The highest BCUT2D eigenvalue weighted by Crippen LogP contribution is 2.34. The molecule has 0 amide bonds. The van der Waals surface area contributed by atoms with Crippen molar-refractivity contribution in [3.8, 4) is 0 Å². The van der Waals surface area contributed by atoms with Crippen molar-refractivity contribution in [3.63, 3.8) is 0 Å². The van der Waals surface area contributed by atoms with Gasteiger partial charge >= 0.3 is 5.97 Å². The number of aliphatic carboxylic acids is 1. The molecule has 0 aliphatic heterocycles. The summed E-state index contributed by atoms with van der Waals surface area (Å²) in [6.07, 6.45) is -0.246. The van der Waals surface area contributed by atoms with E-state index < -0.39 is 28.6 Å². The molecule has 1 aromatic heterocycles. The van der Waals surface area contributed by atoms with E-state index in [1.54, 1.807) is 0 Å². The SMILES string of the molecule is O=C(O)[C@H](CCO)NS(=O)(=O)c1cc(Cl)sc1Cl. The van der Waals surface area contributed by atoms with Gasteiger partial charge in [-0.1, -0.05) is 23.2 Å². The Labute approximate surface area is 117 Å². The molecule has 0 aromatic carbocycles. The Morgan fingerprint density at radius 3 is 2.50 bits per heavy atom. The van der Waals surface area contributed by atoms with Crippen molar-refractivity contribution < 1.29 is 23.4 Å². The molecular formula is C8H9Cl2NO5S2. The Morgan fingerprint density at radius 1 is 1.50 bits per heavy atom. The van der Waals surface area contributed by atoms with E-state index in [2.05, 4.69) is 0 Å². The third kappa shape index (κ3) is 3.81. The lowest BCUT2D eigenvalue weighted by atomic mass is 10.2. The highest BCUT2D eigenvalue weighted by Gasteiger charge is 2.27. The summed E-state index contributed by atoms with van der Waals surface area (Å²) in [6, 6.07) is -0.288. The maximum absolute atomic E-state index is 11.9. The van der Waals surface area contributed by atoms with E-state index in [1.807, 2.05) is 4.72 Å². The van der Waals surface area contributed by atoms with Crippen molar-refractivity contribution >= 4 is 50.5 Å². The third-order valence-corrected chi connectivity index (χ3v) is 5.15. The molecule has 10 heteroatoms. The highest BCUT2D eigenvalue weighted by atomic mass is 35.5. The van der Waals surface area contributed by atoms with Gasteiger partial charge < -0.3 is 10.2 Å². The second-order valence-corrected chi connectivity index (χ2v) is 7.18. The maximum atomic E-state index is 11.9. The van der Waals surface area contributed by atoms with Crippen LogP contribution in [-0.4, -0.2) is 37.2 Å². The van der Waals surface area contributed by atoms with Gasteiger partial charge in [-0.3, -0.25) is 4.79 Å². The predicted molar refractivity (Wildman–Crippen MR) is 67.8 cm³/mol. The first-order chi connectivity index (χ1) is 8.27. The molecule has 1 atom stereocenters. The van der Waals surface area contributed by atoms with E-state index in [1.165, 1.54) is 0 Å². The summed E-state index contributed by atoms with van der Waals surface area (Å²) in [5.41, 5.74) is 0. The van der Waals surface area contributed by atoms with Gasteiger partial charge in [0.2, 0.25) is 10.0 Å². The molecule has 0 unspecified atom stereocenters. The van der Waals surface area contributed by atoms with Crippen molar-refractivity contribution in [2.45, 2.75) is 17.4 Å². The van der Waals surface area contributed by atoms with E-state index >= 15 is 0 Å². The zero-order valence-electron chi connectivity index (χ0n) is 8.76. The van der Waals surface area contributed by atoms with Crippen molar-refractivity contribution in [2.24, 2.45) is 0 Å². The first kappa shape index (κ1) is 15.7. The van der Waals surface area contributed by atoms with E-state index in [9.17, 15) is 13.2 Å². The Hall–Kier alpha value is -0.380. The van der Waals surface area contributed by atoms with Crippen LogP contribution in [0.5, 0.6) is 0 Å². The monoisotopic (exact) mass is 333 g/mol. The highest BCUT2D eigenvalue weighted by molar-refractivity contribution is 7.89. The van der Waals surface area contributed by atoms with Crippen LogP contribution in [0.3, 0.4) is 0 Å². The summed E-state index contributed by atoms with van der Waals surface area (Å²) in [4.78, 5) is 10.5. The Bertz CT molecular complexity index is 542. The summed E-state index contributed by atoms with van der Waals surface area (Å²) < 4.78 is 25.8. The second kappa shape index (κ2) is 6.18. The molecule has 0 bridgehead atoms. The van der Waals surface area contributed by atoms with E-state index in [-0.39, 0.29) is 20.0 Å². The zero-order chi connectivity index (χ0) is 13.9. The first-order valence-electron chi connectivity index (χ1n) is 4.58. The topological polar surface area (TPSA) is 104 Å². The molecule has 0 fully saturated rings. The molecule has 0 aliphatic carbocycles. The lowest BCUT2D eigenvalue weighted by molar-refractivity contribution is -0.139. The third-order valence-electron chi connectivity index (χ3n) is 1.93. The Balaban J connectivity index is 3.00. The predicted octanol–water partition coefficient (Wildman–Crippen LogP) is 1.17. The number of nitrogens with one attached hydrogen (secondary N) is 1. The standard InChI is InChI=1S/C8H9Cl2NO5S2/c9-6-3-5(7(10)17-6)18(15,16)11-4(1-2-12)8(13)14/h3-4,11-12H,1-2H2,(H,13,14)/t4-/m0/s1. The van der Waals surface area contributed by atoms with Crippen LogP contribution in [0.15, 0.2) is 11.0 Å². The number of aliphatic hydroxyl groups is 1. The lowest BCUT2D eigenvalue weighted by Crippen LogP contribution is -2.41. The Kier molecular flexibility index (Phi) is 5.38. The number of carboxylic acid groups (broad SMARTS) is 1. The summed E-state index contributed by atoms with van der Waals surface area (Å²) in [7, 11) is -4.08. The number of sulfonamides is 1. The summed E-state index contributed by atoms with van der Waals surface area (Å²) in [6.45, 7) is -0.461. The van der Waals surface area contributed by atoms with Gasteiger partial charge in [-0.2, -0.15) is 4.72 Å². The first-order valence-corrected chi connectivity index (χ1v) is 7.64. The number of rotatable bonds is 6. The molecule has 1 aromatic rings.